The van der Waals surface area contributed by atoms with Gasteiger partial charge in [0.25, 0.3) is 5.91 Å². The molecule has 11 nitrogen and oxygen atoms in total. The Morgan fingerprint density at radius 1 is 1.05 bits per heavy atom. The Hall–Kier alpha value is -5.06. The number of amides is 4. The number of aryl methyl sites for hydroxylation is 1. The third-order valence-corrected chi connectivity index (χ3v) is 6.49. The predicted molar refractivity (Wildman–Crippen MR) is 141 cm³/mol. The maximum atomic E-state index is 14.3. The molecule has 0 saturated carbocycles. The highest BCUT2D eigenvalue weighted by atomic mass is 16.2. The van der Waals surface area contributed by atoms with Crippen molar-refractivity contribution in [2.24, 2.45) is 5.73 Å². The second kappa shape index (κ2) is 10.5. The third-order valence-electron chi connectivity index (χ3n) is 6.49. The Labute approximate surface area is 218 Å². The summed E-state index contributed by atoms with van der Waals surface area (Å²) in [5.74, 6) is -1.35. The summed E-state index contributed by atoms with van der Waals surface area (Å²) >= 11 is 0. The lowest BCUT2D eigenvalue weighted by Crippen LogP contribution is -2.54. The van der Waals surface area contributed by atoms with E-state index in [9.17, 15) is 14.4 Å². The molecule has 0 saturated heterocycles. The summed E-state index contributed by atoms with van der Waals surface area (Å²) in [4.78, 5) is 43.8. The van der Waals surface area contributed by atoms with Crippen LogP contribution in [-0.4, -0.2) is 50.7 Å². The van der Waals surface area contributed by atoms with Crippen LogP contribution < -0.4 is 21.0 Å². The molecule has 3 N–H and O–H groups in total. The molecule has 0 fully saturated rings. The minimum atomic E-state index is -1.00. The van der Waals surface area contributed by atoms with E-state index in [1.807, 2.05) is 61.5 Å². The molecule has 0 bridgehead atoms. The van der Waals surface area contributed by atoms with E-state index in [1.54, 1.807) is 24.3 Å². The highest BCUT2D eigenvalue weighted by molar-refractivity contribution is 6.10. The molecule has 5 rings (SSSR count). The fraction of sp³-hybridized carbons (Fsp3) is 0.185. The molecule has 1 aromatic heterocycles. The lowest BCUT2D eigenvalue weighted by atomic mass is 9.85. The van der Waals surface area contributed by atoms with E-state index in [0.717, 1.165) is 21.6 Å². The number of hydrogen-bond donors (Lipinski definition) is 2. The van der Waals surface area contributed by atoms with Crippen molar-refractivity contribution < 1.29 is 14.4 Å². The summed E-state index contributed by atoms with van der Waals surface area (Å²) in [6, 6.07) is 22.8. The fourth-order valence-electron chi connectivity index (χ4n) is 4.85. The lowest BCUT2D eigenvalue weighted by molar-refractivity contribution is -0.123. The van der Waals surface area contributed by atoms with Gasteiger partial charge in [-0.15, -0.1) is 10.2 Å². The highest BCUT2D eigenvalue weighted by Crippen LogP contribution is 2.41. The van der Waals surface area contributed by atoms with Crippen molar-refractivity contribution in [1.82, 2.24) is 20.3 Å². The third kappa shape index (κ3) is 4.94. The van der Waals surface area contributed by atoms with Crippen molar-refractivity contribution in [1.29, 1.82) is 0 Å². The molecule has 3 aromatic carbocycles. The molecule has 4 amide bonds. The number of hydrogen-bond acceptors (Lipinski definition) is 6. The first-order chi connectivity index (χ1) is 18.4. The molecule has 38 heavy (non-hydrogen) atoms. The molecular formula is C27H26N8O3. The van der Waals surface area contributed by atoms with Crippen molar-refractivity contribution in [2.45, 2.75) is 25.3 Å². The van der Waals surface area contributed by atoms with Gasteiger partial charge >= 0.3 is 6.03 Å². The van der Waals surface area contributed by atoms with Crippen LogP contribution >= 0.6 is 0 Å². The number of nitrogens with two attached hydrogens (primary N) is 1. The van der Waals surface area contributed by atoms with Crippen LogP contribution in [0.4, 0.5) is 16.2 Å². The van der Waals surface area contributed by atoms with E-state index < -0.39 is 23.9 Å². The van der Waals surface area contributed by atoms with Gasteiger partial charge in [0.2, 0.25) is 5.91 Å². The SMILES string of the molecule is Cc1ccc2c(c1)N(CC(N)=O)C(=O)C(N(C(=O)Nn1ncnn1)c1ccccc1)CC2c1ccccc1. The zero-order valence-electron chi connectivity index (χ0n) is 20.6. The standard InChI is InChI=1S/C27H26N8O3/c1-18-12-13-21-22(19-8-4-2-5-9-19)15-24(26(37)33(16-25(28)36)23(21)14-18)34(20-10-6-3-7-11-20)27(38)31-35-30-17-29-32-35/h2-14,17,22,24H,15-16H2,1H3,(H2,28,36)(H,31,38). The molecule has 1 aliphatic rings. The highest BCUT2D eigenvalue weighted by Gasteiger charge is 2.41. The van der Waals surface area contributed by atoms with Crippen LogP contribution in [0.2, 0.25) is 0 Å². The molecular weight excluding hydrogens is 484 g/mol. The zero-order valence-corrected chi connectivity index (χ0v) is 20.6. The van der Waals surface area contributed by atoms with Crippen LogP contribution in [0.1, 0.15) is 29.0 Å². The smallest absolute Gasteiger partial charge is 0.344 e. The van der Waals surface area contributed by atoms with Gasteiger partial charge in [0.05, 0.1) is 0 Å². The van der Waals surface area contributed by atoms with Gasteiger partial charge in [-0.1, -0.05) is 65.6 Å². The summed E-state index contributed by atoms with van der Waals surface area (Å²) in [7, 11) is 0. The number of nitrogens with zero attached hydrogens (tertiary/aromatic N) is 6. The van der Waals surface area contributed by atoms with Gasteiger partial charge in [-0.2, -0.15) is 0 Å². The van der Waals surface area contributed by atoms with Crippen molar-refractivity contribution in [2.75, 3.05) is 21.8 Å². The Balaban J connectivity index is 1.68. The van der Waals surface area contributed by atoms with E-state index in [0.29, 0.717) is 11.4 Å². The first-order valence-electron chi connectivity index (χ1n) is 12.1. The minimum absolute atomic E-state index is 0.251. The number of nitrogens with one attached hydrogen (secondary N) is 1. The van der Waals surface area contributed by atoms with Crippen LogP contribution in [0.5, 0.6) is 0 Å². The van der Waals surface area contributed by atoms with Gasteiger partial charge in [-0.25, -0.2) is 10.2 Å². The molecule has 0 aliphatic carbocycles. The number of aromatic nitrogens is 4. The maximum absolute atomic E-state index is 14.3. The average Bonchev–Trinajstić information content (AvgIpc) is 3.40. The average molecular weight is 511 g/mol. The fourth-order valence-corrected chi connectivity index (χ4v) is 4.85. The minimum Gasteiger partial charge on any atom is -0.368 e. The first kappa shape index (κ1) is 24.6. The number of rotatable bonds is 6. The number of tetrazole rings is 1. The quantitative estimate of drug-likeness (QED) is 0.409. The van der Waals surface area contributed by atoms with Gasteiger partial charge < -0.3 is 10.6 Å². The summed E-state index contributed by atoms with van der Waals surface area (Å²) in [6.07, 6.45) is 1.43. The molecule has 0 spiro atoms. The van der Waals surface area contributed by atoms with E-state index in [1.165, 1.54) is 16.1 Å². The second-order valence-corrected chi connectivity index (χ2v) is 9.02. The molecule has 0 radical (unpaired) electrons. The van der Waals surface area contributed by atoms with Crippen molar-refractivity contribution in [3.63, 3.8) is 0 Å². The second-order valence-electron chi connectivity index (χ2n) is 9.02. The van der Waals surface area contributed by atoms with E-state index in [4.69, 9.17) is 5.73 Å². The molecule has 192 valence electrons. The monoisotopic (exact) mass is 510 g/mol. The summed E-state index contributed by atoms with van der Waals surface area (Å²) in [5.41, 5.74) is 12.0. The van der Waals surface area contributed by atoms with Crippen molar-refractivity contribution in [3.8, 4) is 0 Å². The van der Waals surface area contributed by atoms with Crippen molar-refractivity contribution >= 4 is 29.2 Å². The van der Waals surface area contributed by atoms with Gasteiger partial charge in [0, 0.05) is 17.3 Å². The van der Waals surface area contributed by atoms with Crippen LogP contribution in [0.15, 0.2) is 85.2 Å². The number of para-hydroxylation sites is 1. The number of primary amides is 1. The maximum Gasteiger partial charge on any atom is 0.344 e. The Morgan fingerprint density at radius 3 is 2.42 bits per heavy atom. The molecule has 11 heteroatoms. The lowest BCUT2D eigenvalue weighted by Gasteiger charge is -2.33. The summed E-state index contributed by atoms with van der Waals surface area (Å²) in [5, 5.41) is 11.2. The molecule has 2 atom stereocenters. The molecule has 4 aromatic rings. The first-order valence-corrected chi connectivity index (χ1v) is 12.1. The molecule has 1 aliphatic heterocycles. The van der Waals surface area contributed by atoms with E-state index in [2.05, 4.69) is 20.8 Å². The van der Waals surface area contributed by atoms with Gasteiger partial charge in [-0.3, -0.25) is 14.5 Å². The number of urea groups is 1. The van der Waals surface area contributed by atoms with Crippen LogP contribution in [0, 0.1) is 6.92 Å². The number of fused-ring (bicyclic) bond motifs is 1. The van der Waals surface area contributed by atoms with Gasteiger partial charge in [0.15, 0.2) is 6.33 Å². The predicted octanol–water partition coefficient (Wildman–Crippen LogP) is 2.57. The number of benzene rings is 3. The van der Waals surface area contributed by atoms with Crippen molar-refractivity contribution in [3.05, 3.63) is 102 Å². The van der Waals surface area contributed by atoms with E-state index in [-0.39, 0.29) is 18.9 Å². The Kier molecular flexibility index (Phi) is 6.81. The summed E-state index contributed by atoms with van der Waals surface area (Å²) < 4.78 is 0. The Morgan fingerprint density at radius 2 is 1.76 bits per heavy atom. The topological polar surface area (TPSA) is 139 Å². The van der Waals surface area contributed by atoms with Crippen LogP contribution in [0.3, 0.4) is 0 Å². The van der Waals surface area contributed by atoms with E-state index >= 15 is 0 Å². The Bertz CT molecular complexity index is 1440. The molecule has 2 heterocycles. The van der Waals surface area contributed by atoms with Crippen LogP contribution in [0.25, 0.3) is 0 Å². The largest absolute Gasteiger partial charge is 0.368 e. The number of anilines is 2. The summed E-state index contributed by atoms with van der Waals surface area (Å²) in [6.45, 7) is 1.59. The number of carbonyl (C=O) groups excluding carboxylic acids is 3. The number of carbonyl (C=O) groups is 3. The zero-order chi connectivity index (χ0) is 26.6. The molecule has 2 unspecified atom stereocenters. The van der Waals surface area contributed by atoms with Gasteiger partial charge in [0.1, 0.15) is 12.6 Å². The van der Waals surface area contributed by atoms with Crippen LogP contribution in [-0.2, 0) is 9.59 Å². The van der Waals surface area contributed by atoms with Gasteiger partial charge in [-0.05, 0) is 53.4 Å². The normalized spacial score (nSPS) is 16.9.